The molecule has 0 spiro atoms. The van der Waals surface area contributed by atoms with Crippen LogP contribution in [0.4, 0.5) is 0 Å². The molecule has 13 heavy (non-hydrogen) atoms. The standard InChI is InChI=1S/C11H22N2/c1-11(2,3)13-6-8-9(7-13)10(8)12(4)5/h8-10H,6-7H2,1-5H3. The van der Waals surface area contributed by atoms with Crippen LogP contribution in [0.25, 0.3) is 0 Å². The molecule has 2 nitrogen and oxygen atoms in total. The van der Waals surface area contributed by atoms with Crippen LogP contribution >= 0.6 is 0 Å². The maximum atomic E-state index is 2.63. The van der Waals surface area contributed by atoms with Gasteiger partial charge in [-0.25, -0.2) is 0 Å². The highest BCUT2D eigenvalue weighted by molar-refractivity contribution is 5.11. The maximum absolute atomic E-state index is 2.63. The Morgan fingerprint density at radius 2 is 1.54 bits per heavy atom. The molecule has 0 aromatic rings. The van der Waals surface area contributed by atoms with Gasteiger partial charge in [0, 0.05) is 24.7 Å². The Bertz CT molecular complexity index is 193. The molecule has 2 fully saturated rings. The van der Waals surface area contributed by atoms with Crippen molar-refractivity contribution >= 4 is 0 Å². The van der Waals surface area contributed by atoms with E-state index in [9.17, 15) is 0 Å². The van der Waals surface area contributed by atoms with E-state index in [0.717, 1.165) is 17.9 Å². The van der Waals surface area contributed by atoms with Gasteiger partial charge < -0.3 is 4.90 Å². The van der Waals surface area contributed by atoms with Crippen LogP contribution in [0.15, 0.2) is 0 Å². The minimum Gasteiger partial charge on any atom is -0.306 e. The molecule has 2 atom stereocenters. The summed E-state index contributed by atoms with van der Waals surface area (Å²) >= 11 is 0. The summed E-state index contributed by atoms with van der Waals surface area (Å²) in [6, 6.07) is 0.888. The molecule has 1 aliphatic carbocycles. The number of hydrogen-bond donors (Lipinski definition) is 0. The molecule has 1 saturated carbocycles. The number of likely N-dealkylation sites (tertiary alicyclic amines) is 1. The van der Waals surface area contributed by atoms with Gasteiger partial charge >= 0.3 is 0 Å². The van der Waals surface area contributed by atoms with Crippen LogP contribution in [0, 0.1) is 11.8 Å². The van der Waals surface area contributed by atoms with Gasteiger partial charge in [-0.2, -0.15) is 0 Å². The van der Waals surface area contributed by atoms with Gasteiger partial charge in [0.1, 0.15) is 0 Å². The topological polar surface area (TPSA) is 6.48 Å². The Balaban J connectivity index is 1.90. The van der Waals surface area contributed by atoms with Gasteiger partial charge in [-0.1, -0.05) is 0 Å². The van der Waals surface area contributed by atoms with Gasteiger partial charge in [-0.3, -0.25) is 4.90 Å². The highest BCUT2D eigenvalue weighted by atomic mass is 15.3. The smallest absolute Gasteiger partial charge is 0.0177 e. The van der Waals surface area contributed by atoms with Gasteiger partial charge in [0.15, 0.2) is 0 Å². The number of rotatable bonds is 1. The molecule has 2 unspecified atom stereocenters. The van der Waals surface area contributed by atoms with Crippen molar-refractivity contribution in [2.24, 2.45) is 11.8 Å². The summed E-state index contributed by atoms with van der Waals surface area (Å²) in [5.41, 5.74) is 0.379. The first-order chi connectivity index (χ1) is 5.91. The van der Waals surface area contributed by atoms with Crippen molar-refractivity contribution in [1.82, 2.24) is 9.80 Å². The summed E-state index contributed by atoms with van der Waals surface area (Å²) < 4.78 is 0. The molecule has 1 saturated heterocycles. The largest absolute Gasteiger partial charge is 0.306 e. The van der Waals surface area contributed by atoms with Gasteiger partial charge in [-0.15, -0.1) is 0 Å². The van der Waals surface area contributed by atoms with E-state index in [1.54, 1.807) is 0 Å². The molecule has 2 heteroatoms. The fourth-order valence-corrected chi connectivity index (χ4v) is 2.81. The molecule has 0 aromatic heterocycles. The quantitative estimate of drug-likeness (QED) is 0.603. The maximum Gasteiger partial charge on any atom is 0.0177 e. The highest BCUT2D eigenvalue weighted by Crippen LogP contribution is 2.49. The van der Waals surface area contributed by atoms with Crippen LogP contribution in [0.2, 0.25) is 0 Å². The Hall–Kier alpha value is -0.0800. The lowest BCUT2D eigenvalue weighted by atomic mass is 10.1. The second kappa shape index (κ2) is 2.71. The summed E-state index contributed by atoms with van der Waals surface area (Å²) in [5.74, 6) is 1.93. The number of piperidine rings is 1. The Morgan fingerprint density at radius 1 is 1.08 bits per heavy atom. The van der Waals surface area contributed by atoms with Crippen LogP contribution in [0.1, 0.15) is 20.8 Å². The van der Waals surface area contributed by atoms with Gasteiger partial charge in [0.2, 0.25) is 0 Å². The van der Waals surface area contributed by atoms with Crippen LogP contribution in [-0.2, 0) is 0 Å². The molecule has 2 rings (SSSR count). The lowest BCUT2D eigenvalue weighted by molar-refractivity contribution is 0.139. The minimum atomic E-state index is 0.379. The SMILES string of the molecule is CN(C)C1C2CN(C(C)(C)C)CC21. The van der Waals surface area contributed by atoms with E-state index < -0.39 is 0 Å². The molecule has 0 radical (unpaired) electrons. The van der Waals surface area contributed by atoms with E-state index in [4.69, 9.17) is 0 Å². The lowest BCUT2D eigenvalue weighted by Crippen LogP contribution is -2.43. The van der Waals surface area contributed by atoms with Crippen LogP contribution in [-0.4, -0.2) is 48.6 Å². The van der Waals surface area contributed by atoms with Crippen molar-refractivity contribution in [3.05, 3.63) is 0 Å². The van der Waals surface area contributed by atoms with Crippen molar-refractivity contribution in [3.8, 4) is 0 Å². The van der Waals surface area contributed by atoms with Crippen LogP contribution in [0.3, 0.4) is 0 Å². The first-order valence-electron chi connectivity index (χ1n) is 5.33. The number of fused-ring (bicyclic) bond motifs is 1. The van der Waals surface area contributed by atoms with E-state index in [1.165, 1.54) is 13.1 Å². The third-order valence-electron chi connectivity index (χ3n) is 3.69. The molecular formula is C11H22N2. The first kappa shape index (κ1) is 9.47. The Morgan fingerprint density at radius 3 is 1.85 bits per heavy atom. The monoisotopic (exact) mass is 182 g/mol. The molecule has 76 valence electrons. The Labute approximate surface area is 81.9 Å². The van der Waals surface area contributed by atoms with Gasteiger partial charge in [0.05, 0.1) is 0 Å². The zero-order valence-electron chi connectivity index (χ0n) is 9.54. The van der Waals surface area contributed by atoms with E-state index >= 15 is 0 Å². The molecule has 0 aromatic carbocycles. The fourth-order valence-electron chi connectivity index (χ4n) is 2.81. The second-order valence-corrected chi connectivity index (χ2v) is 5.86. The highest BCUT2D eigenvalue weighted by Gasteiger charge is 2.57. The molecule has 0 bridgehead atoms. The molecule has 2 aliphatic rings. The summed E-state index contributed by atoms with van der Waals surface area (Å²) in [5, 5.41) is 0. The average Bonchev–Trinajstić information content (AvgIpc) is 2.46. The number of nitrogens with zero attached hydrogens (tertiary/aromatic N) is 2. The third kappa shape index (κ3) is 1.50. The predicted molar refractivity (Wildman–Crippen MR) is 55.8 cm³/mol. The summed E-state index contributed by atoms with van der Waals surface area (Å²) in [4.78, 5) is 5.03. The Kier molecular flexibility index (Phi) is 1.97. The zero-order chi connectivity index (χ0) is 9.80. The molecule has 1 heterocycles. The predicted octanol–water partition coefficient (Wildman–Crippen LogP) is 1.28. The van der Waals surface area contributed by atoms with E-state index in [0.29, 0.717) is 5.54 Å². The van der Waals surface area contributed by atoms with Crippen molar-refractivity contribution in [2.75, 3.05) is 27.2 Å². The van der Waals surface area contributed by atoms with E-state index in [1.807, 2.05) is 0 Å². The number of hydrogen-bond acceptors (Lipinski definition) is 2. The molecule has 0 amide bonds. The minimum absolute atomic E-state index is 0.379. The van der Waals surface area contributed by atoms with Gasteiger partial charge in [0.25, 0.3) is 0 Å². The first-order valence-corrected chi connectivity index (χ1v) is 5.33. The van der Waals surface area contributed by atoms with Gasteiger partial charge in [-0.05, 0) is 46.7 Å². The van der Waals surface area contributed by atoms with Crippen molar-refractivity contribution in [3.63, 3.8) is 0 Å². The summed E-state index contributed by atoms with van der Waals surface area (Å²) in [7, 11) is 4.43. The lowest BCUT2D eigenvalue weighted by Gasteiger charge is -2.34. The van der Waals surface area contributed by atoms with Crippen LogP contribution in [0.5, 0.6) is 0 Å². The summed E-state index contributed by atoms with van der Waals surface area (Å²) in [6.45, 7) is 9.60. The summed E-state index contributed by atoms with van der Waals surface area (Å²) in [6.07, 6.45) is 0. The second-order valence-electron chi connectivity index (χ2n) is 5.86. The third-order valence-corrected chi connectivity index (χ3v) is 3.69. The van der Waals surface area contributed by atoms with Crippen LogP contribution < -0.4 is 0 Å². The molecule has 1 aliphatic heterocycles. The van der Waals surface area contributed by atoms with Crippen molar-refractivity contribution in [2.45, 2.75) is 32.4 Å². The molecular weight excluding hydrogens is 160 g/mol. The van der Waals surface area contributed by atoms with Crippen molar-refractivity contribution < 1.29 is 0 Å². The van der Waals surface area contributed by atoms with E-state index in [-0.39, 0.29) is 0 Å². The zero-order valence-corrected chi connectivity index (χ0v) is 9.54. The normalized spacial score (nSPS) is 39.7. The fraction of sp³-hybridized carbons (Fsp3) is 1.00. The van der Waals surface area contributed by atoms with Crippen molar-refractivity contribution in [1.29, 1.82) is 0 Å². The average molecular weight is 182 g/mol. The molecule has 0 N–H and O–H groups in total. The van der Waals surface area contributed by atoms with E-state index in [2.05, 4.69) is 44.7 Å².